The van der Waals surface area contributed by atoms with E-state index < -0.39 is 0 Å². The molecule has 0 aromatic heterocycles. The maximum absolute atomic E-state index is 11.4. The fraction of sp³-hybridized carbons (Fsp3) is 0.533. The second kappa shape index (κ2) is 6.43. The van der Waals surface area contributed by atoms with Gasteiger partial charge in [0.25, 0.3) is 0 Å². The number of ether oxygens (including phenoxy) is 2. The summed E-state index contributed by atoms with van der Waals surface area (Å²) in [6.07, 6.45) is 4.92. The van der Waals surface area contributed by atoms with Crippen molar-refractivity contribution in [3.05, 3.63) is 29.8 Å². The van der Waals surface area contributed by atoms with E-state index in [1.54, 1.807) is 7.11 Å². The first-order valence-electron chi connectivity index (χ1n) is 6.56. The van der Waals surface area contributed by atoms with Gasteiger partial charge in [-0.25, -0.2) is 0 Å². The van der Waals surface area contributed by atoms with Crippen LogP contribution in [0, 0.1) is 5.92 Å². The van der Waals surface area contributed by atoms with E-state index in [2.05, 4.69) is 0 Å². The van der Waals surface area contributed by atoms with Crippen LogP contribution in [0.3, 0.4) is 0 Å². The number of methoxy groups -OCH3 is 1. The molecule has 1 saturated carbocycles. The van der Waals surface area contributed by atoms with Crippen LogP contribution in [0.25, 0.3) is 0 Å². The standard InChI is InChI=1S/C15H20O3/c1-17-14-7-4-13(5-8-14)10-11-18-15(16)9-6-12-2-3-12/h4-5,7-8,12H,2-3,6,9-11H2,1H3. The van der Waals surface area contributed by atoms with Gasteiger partial charge in [0.1, 0.15) is 5.75 Å². The summed E-state index contributed by atoms with van der Waals surface area (Å²) in [5.74, 6) is 1.58. The Hall–Kier alpha value is -1.51. The zero-order valence-corrected chi connectivity index (χ0v) is 10.9. The van der Waals surface area contributed by atoms with Crippen molar-refractivity contribution in [2.75, 3.05) is 13.7 Å². The topological polar surface area (TPSA) is 35.5 Å². The van der Waals surface area contributed by atoms with Crippen molar-refractivity contribution in [2.45, 2.75) is 32.1 Å². The summed E-state index contributed by atoms with van der Waals surface area (Å²) >= 11 is 0. The second-order valence-corrected chi connectivity index (χ2v) is 4.80. The van der Waals surface area contributed by atoms with Crippen LogP contribution in [-0.2, 0) is 16.0 Å². The van der Waals surface area contributed by atoms with E-state index in [-0.39, 0.29) is 5.97 Å². The highest BCUT2D eigenvalue weighted by molar-refractivity contribution is 5.69. The van der Waals surface area contributed by atoms with Gasteiger partial charge in [0, 0.05) is 12.8 Å². The molecule has 0 bridgehead atoms. The Morgan fingerprint density at radius 1 is 1.28 bits per heavy atom. The van der Waals surface area contributed by atoms with Crippen molar-refractivity contribution in [1.82, 2.24) is 0 Å². The Labute approximate surface area is 108 Å². The van der Waals surface area contributed by atoms with Gasteiger partial charge in [0.2, 0.25) is 0 Å². The summed E-state index contributed by atoms with van der Waals surface area (Å²) in [6, 6.07) is 7.84. The fourth-order valence-electron chi connectivity index (χ4n) is 1.88. The smallest absolute Gasteiger partial charge is 0.305 e. The quantitative estimate of drug-likeness (QED) is 0.696. The highest BCUT2D eigenvalue weighted by Crippen LogP contribution is 2.33. The fourth-order valence-corrected chi connectivity index (χ4v) is 1.88. The zero-order chi connectivity index (χ0) is 12.8. The molecule has 1 fully saturated rings. The van der Waals surface area contributed by atoms with Crippen LogP contribution in [0.2, 0.25) is 0 Å². The molecule has 0 spiro atoms. The summed E-state index contributed by atoms with van der Waals surface area (Å²) in [6.45, 7) is 0.468. The Kier molecular flexibility index (Phi) is 4.62. The molecule has 1 aromatic carbocycles. The summed E-state index contributed by atoms with van der Waals surface area (Å²) in [5.41, 5.74) is 1.16. The lowest BCUT2D eigenvalue weighted by Crippen LogP contribution is -2.07. The largest absolute Gasteiger partial charge is 0.497 e. The molecule has 0 amide bonds. The lowest BCUT2D eigenvalue weighted by molar-refractivity contribution is -0.143. The summed E-state index contributed by atoms with van der Waals surface area (Å²) in [5, 5.41) is 0. The minimum Gasteiger partial charge on any atom is -0.497 e. The molecule has 3 heteroatoms. The molecule has 1 aromatic rings. The second-order valence-electron chi connectivity index (χ2n) is 4.80. The van der Waals surface area contributed by atoms with E-state index in [9.17, 15) is 4.79 Å². The first-order chi connectivity index (χ1) is 8.78. The van der Waals surface area contributed by atoms with Crippen molar-refractivity contribution in [2.24, 2.45) is 5.92 Å². The van der Waals surface area contributed by atoms with E-state index in [1.807, 2.05) is 24.3 Å². The Balaban J connectivity index is 1.62. The minimum absolute atomic E-state index is 0.0598. The Morgan fingerprint density at radius 3 is 2.61 bits per heavy atom. The van der Waals surface area contributed by atoms with Crippen molar-refractivity contribution >= 4 is 5.97 Å². The summed E-state index contributed by atoms with van der Waals surface area (Å²) < 4.78 is 10.3. The number of carbonyl (C=O) groups excluding carboxylic acids is 1. The van der Waals surface area contributed by atoms with Gasteiger partial charge in [-0.3, -0.25) is 4.79 Å². The van der Waals surface area contributed by atoms with Crippen molar-refractivity contribution in [3.8, 4) is 5.75 Å². The summed E-state index contributed by atoms with van der Waals surface area (Å²) in [4.78, 5) is 11.4. The number of benzene rings is 1. The van der Waals surface area contributed by atoms with Crippen LogP contribution in [-0.4, -0.2) is 19.7 Å². The van der Waals surface area contributed by atoms with Gasteiger partial charge in [-0.1, -0.05) is 25.0 Å². The molecule has 18 heavy (non-hydrogen) atoms. The summed E-state index contributed by atoms with van der Waals surface area (Å²) in [7, 11) is 1.65. The van der Waals surface area contributed by atoms with Crippen LogP contribution >= 0.6 is 0 Å². The molecular weight excluding hydrogens is 228 g/mol. The normalized spacial score (nSPS) is 14.3. The molecule has 1 aliphatic rings. The van der Waals surface area contributed by atoms with E-state index in [0.717, 1.165) is 30.1 Å². The monoisotopic (exact) mass is 248 g/mol. The lowest BCUT2D eigenvalue weighted by Gasteiger charge is -2.05. The zero-order valence-electron chi connectivity index (χ0n) is 10.9. The van der Waals surface area contributed by atoms with Gasteiger partial charge >= 0.3 is 5.97 Å². The van der Waals surface area contributed by atoms with Crippen LogP contribution in [0.4, 0.5) is 0 Å². The molecule has 0 N–H and O–H groups in total. The first-order valence-corrected chi connectivity index (χ1v) is 6.56. The van der Waals surface area contributed by atoms with E-state index >= 15 is 0 Å². The van der Waals surface area contributed by atoms with Crippen molar-refractivity contribution in [1.29, 1.82) is 0 Å². The molecule has 98 valence electrons. The lowest BCUT2D eigenvalue weighted by atomic mass is 10.1. The molecule has 0 radical (unpaired) electrons. The van der Waals surface area contributed by atoms with Gasteiger partial charge in [-0.05, 0) is 30.0 Å². The van der Waals surface area contributed by atoms with Gasteiger partial charge < -0.3 is 9.47 Å². The average Bonchev–Trinajstić information content (AvgIpc) is 3.21. The SMILES string of the molecule is COc1ccc(CCOC(=O)CCC2CC2)cc1. The number of esters is 1. The van der Waals surface area contributed by atoms with Crippen LogP contribution in [0.15, 0.2) is 24.3 Å². The van der Waals surface area contributed by atoms with Crippen molar-refractivity contribution < 1.29 is 14.3 Å². The molecule has 2 rings (SSSR count). The average molecular weight is 248 g/mol. The van der Waals surface area contributed by atoms with Gasteiger partial charge in [0.05, 0.1) is 13.7 Å². The molecule has 0 atom stereocenters. The first kappa shape index (κ1) is 12.9. The van der Waals surface area contributed by atoms with Gasteiger partial charge in [-0.2, -0.15) is 0 Å². The highest BCUT2D eigenvalue weighted by atomic mass is 16.5. The third-order valence-corrected chi connectivity index (χ3v) is 3.27. The van der Waals surface area contributed by atoms with Crippen LogP contribution in [0.1, 0.15) is 31.2 Å². The van der Waals surface area contributed by atoms with E-state index in [0.29, 0.717) is 13.0 Å². The molecule has 0 saturated heterocycles. The molecule has 3 nitrogen and oxygen atoms in total. The van der Waals surface area contributed by atoms with Gasteiger partial charge in [-0.15, -0.1) is 0 Å². The maximum atomic E-state index is 11.4. The van der Waals surface area contributed by atoms with E-state index in [4.69, 9.17) is 9.47 Å². The Bertz CT molecular complexity index is 379. The highest BCUT2D eigenvalue weighted by Gasteiger charge is 2.22. The molecule has 0 heterocycles. The number of hydrogen-bond acceptors (Lipinski definition) is 3. The number of rotatable bonds is 7. The van der Waals surface area contributed by atoms with Crippen molar-refractivity contribution in [3.63, 3.8) is 0 Å². The Morgan fingerprint density at radius 2 is 2.00 bits per heavy atom. The predicted molar refractivity (Wildman–Crippen MR) is 69.6 cm³/mol. The number of hydrogen-bond donors (Lipinski definition) is 0. The van der Waals surface area contributed by atoms with Gasteiger partial charge in [0.15, 0.2) is 0 Å². The van der Waals surface area contributed by atoms with Crippen LogP contribution < -0.4 is 4.74 Å². The molecular formula is C15H20O3. The molecule has 0 aliphatic heterocycles. The predicted octanol–water partition coefficient (Wildman–Crippen LogP) is 2.97. The third kappa shape index (κ3) is 4.40. The van der Waals surface area contributed by atoms with E-state index in [1.165, 1.54) is 12.8 Å². The molecule has 1 aliphatic carbocycles. The van der Waals surface area contributed by atoms with Crippen LogP contribution in [0.5, 0.6) is 5.75 Å². The minimum atomic E-state index is -0.0598. The number of carbonyl (C=O) groups is 1. The molecule has 0 unspecified atom stereocenters. The third-order valence-electron chi connectivity index (χ3n) is 3.27. The maximum Gasteiger partial charge on any atom is 0.305 e.